The maximum atomic E-state index is 12.6. The summed E-state index contributed by atoms with van der Waals surface area (Å²) < 4.78 is 0. The smallest absolute Gasteiger partial charge is 0.224 e. The minimum absolute atomic E-state index is 0.234. The van der Waals surface area contributed by atoms with E-state index in [9.17, 15) is 4.79 Å². The maximum Gasteiger partial charge on any atom is 0.224 e. The zero-order valence-corrected chi connectivity index (χ0v) is 16.4. The van der Waals surface area contributed by atoms with Crippen molar-refractivity contribution in [1.29, 1.82) is 0 Å². The first-order chi connectivity index (χ1) is 13.1. The molecule has 2 aliphatic rings. The number of benzene rings is 1. The molecule has 0 radical (unpaired) electrons. The first-order valence-electron chi connectivity index (χ1n) is 9.74. The molecule has 1 aromatic carbocycles. The summed E-state index contributed by atoms with van der Waals surface area (Å²) in [4.78, 5) is 22.9. The van der Waals surface area contributed by atoms with Crippen LogP contribution in [0.15, 0.2) is 24.4 Å². The Bertz CT molecular complexity index is 848. The van der Waals surface area contributed by atoms with Crippen molar-refractivity contribution in [3.63, 3.8) is 0 Å². The van der Waals surface area contributed by atoms with Gasteiger partial charge in [-0.3, -0.25) is 4.79 Å². The van der Waals surface area contributed by atoms with Crippen LogP contribution in [0.1, 0.15) is 48.8 Å². The largest absolute Gasteiger partial charge is 0.340 e. The Labute approximate surface area is 165 Å². The molecule has 0 atom stereocenters. The van der Waals surface area contributed by atoms with E-state index in [1.54, 1.807) is 6.20 Å². The van der Waals surface area contributed by atoms with Crippen molar-refractivity contribution in [1.82, 2.24) is 14.9 Å². The van der Waals surface area contributed by atoms with Gasteiger partial charge in [0.25, 0.3) is 0 Å². The van der Waals surface area contributed by atoms with Gasteiger partial charge in [-0.15, -0.1) is 0 Å². The molecule has 4 rings (SSSR count). The summed E-state index contributed by atoms with van der Waals surface area (Å²) in [6, 6.07) is 6.31. The highest BCUT2D eigenvalue weighted by Gasteiger charge is 2.25. The lowest BCUT2D eigenvalue weighted by Gasteiger charge is -2.30. The van der Waals surface area contributed by atoms with Crippen molar-refractivity contribution in [2.45, 2.75) is 52.0 Å². The van der Waals surface area contributed by atoms with Crippen molar-refractivity contribution >= 4 is 29.0 Å². The number of aromatic nitrogens is 2. The van der Waals surface area contributed by atoms with Gasteiger partial charge in [0.1, 0.15) is 5.82 Å². The normalized spacial score (nSPS) is 17.0. The lowest BCUT2D eigenvalue weighted by molar-refractivity contribution is -0.133. The molecule has 1 N–H and O–H groups in total. The van der Waals surface area contributed by atoms with Crippen LogP contribution in [0.3, 0.4) is 0 Å². The van der Waals surface area contributed by atoms with E-state index < -0.39 is 0 Å². The van der Waals surface area contributed by atoms with Crippen molar-refractivity contribution in [3.05, 3.63) is 46.4 Å². The monoisotopic (exact) mass is 384 g/mol. The van der Waals surface area contributed by atoms with Gasteiger partial charge in [0.2, 0.25) is 11.2 Å². The Kier molecular flexibility index (Phi) is 5.30. The number of carbonyl (C=O) groups is 1. The fourth-order valence-corrected chi connectivity index (χ4v) is 4.25. The predicted molar refractivity (Wildman–Crippen MR) is 107 cm³/mol. The highest BCUT2D eigenvalue weighted by molar-refractivity contribution is 6.28. The van der Waals surface area contributed by atoms with E-state index in [-0.39, 0.29) is 5.28 Å². The van der Waals surface area contributed by atoms with Crippen LogP contribution in [-0.2, 0) is 17.8 Å². The van der Waals surface area contributed by atoms with Crippen LogP contribution < -0.4 is 5.32 Å². The molecule has 1 saturated carbocycles. The molecule has 1 aliphatic carbocycles. The number of fused-ring (bicyclic) bond motifs is 1. The molecule has 0 unspecified atom stereocenters. The number of nitrogens with zero attached hydrogens (tertiary/aromatic N) is 3. The molecule has 0 bridgehead atoms. The number of amides is 1. The van der Waals surface area contributed by atoms with Crippen molar-refractivity contribution < 1.29 is 4.79 Å². The summed E-state index contributed by atoms with van der Waals surface area (Å²) in [7, 11) is 0. The SMILES string of the molecule is Cc1cnc(Cl)nc1Nc1ccc2c(c1)CCN(C(=O)CC1CCCC1)C2. The van der Waals surface area contributed by atoms with Crippen molar-refractivity contribution in [2.75, 3.05) is 11.9 Å². The summed E-state index contributed by atoms with van der Waals surface area (Å²) >= 11 is 5.91. The summed E-state index contributed by atoms with van der Waals surface area (Å²) in [5.41, 5.74) is 4.46. The molecule has 2 aromatic rings. The van der Waals surface area contributed by atoms with Gasteiger partial charge in [-0.2, -0.15) is 0 Å². The van der Waals surface area contributed by atoms with Gasteiger partial charge in [-0.1, -0.05) is 18.9 Å². The van der Waals surface area contributed by atoms with E-state index in [2.05, 4.69) is 27.4 Å². The van der Waals surface area contributed by atoms with E-state index in [0.717, 1.165) is 43.0 Å². The predicted octanol–water partition coefficient (Wildman–Crippen LogP) is 4.65. The number of rotatable bonds is 4. The van der Waals surface area contributed by atoms with Gasteiger partial charge in [0, 0.05) is 37.0 Å². The van der Waals surface area contributed by atoms with Crippen LogP contribution >= 0.6 is 11.6 Å². The molecule has 0 spiro atoms. The molecule has 1 amide bonds. The number of hydrogen-bond acceptors (Lipinski definition) is 4. The molecule has 6 heteroatoms. The zero-order chi connectivity index (χ0) is 18.8. The lowest BCUT2D eigenvalue weighted by Crippen LogP contribution is -2.36. The molecular weight excluding hydrogens is 360 g/mol. The first-order valence-corrected chi connectivity index (χ1v) is 10.1. The second kappa shape index (κ2) is 7.85. The van der Waals surface area contributed by atoms with Gasteiger partial charge < -0.3 is 10.2 Å². The van der Waals surface area contributed by atoms with E-state index in [1.807, 2.05) is 17.9 Å². The Morgan fingerprint density at radius 1 is 1.30 bits per heavy atom. The Morgan fingerprint density at radius 3 is 2.93 bits per heavy atom. The molecule has 2 heterocycles. The van der Waals surface area contributed by atoms with Crippen molar-refractivity contribution in [2.24, 2.45) is 5.92 Å². The van der Waals surface area contributed by atoms with Crippen LogP contribution in [0.5, 0.6) is 0 Å². The number of halogens is 1. The average molecular weight is 385 g/mol. The molecule has 5 nitrogen and oxygen atoms in total. The number of aryl methyl sites for hydroxylation is 1. The maximum absolute atomic E-state index is 12.6. The summed E-state index contributed by atoms with van der Waals surface area (Å²) in [6.07, 6.45) is 8.34. The second-order valence-corrected chi connectivity index (χ2v) is 8.04. The van der Waals surface area contributed by atoms with Crippen LogP contribution in [0.2, 0.25) is 5.28 Å². The Hall–Kier alpha value is -2.14. The molecule has 27 heavy (non-hydrogen) atoms. The van der Waals surface area contributed by atoms with Crippen LogP contribution in [0.4, 0.5) is 11.5 Å². The van der Waals surface area contributed by atoms with Crippen LogP contribution in [0.25, 0.3) is 0 Å². The first kappa shape index (κ1) is 18.2. The number of anilines is 2. The van der Waals surface area contributed by atoms with Crippen molar-refractivity contribution in [3.8, 4) is 0 Å². The summed E-state index contributed by atoms with van der Waals surface area (Å²) in [5, 5.41) is 3.56. The summed E-state index contributed by atoms with van der Waals surface area (Å²) in [5.74, 6) is 1.65. The third-order valence-electron chi connectivity index (χ3n) is 5.71. The van der Waals surface area contributed by atoms with E-state index in [1.165, 1.54) is 36.8 Å². The van der Waals surface area contributed by atoms with Crippen LogP contribution in [-0.4, -0.2) is 27.3 Å². The van der Waals surface area contributed by atoms with Gasteiger partial charge in [0.15, 0.2) is 0 Å². The Balaban J connectivity index is 1.43. The minimum Gasteiger partial charge on any atom is -0.340 e. The average Bonchev–Trinajstić information content (AvgIpc) is 3.17. The van der Waals surface area contributed by atoms with E-state index in [4.69, 9.17) is 11.6 Å². The Morgan fingerprint density at radius 2 is 2.11 bits per heavy atom. The van der Waals surface area contributed by atoms with E-state index in [0.29, 0.717) is 11.8 Å². The lowest BCUT2D eigenvalue weighted by atomic mass is 9.97. The number of carbonyl (C=O) groups excluding carboxylic acids is 1. The van der Waals surface area contributed by atoms with Crippen LogP contribution in [0, 0.1) is 12.8 Å². The third-order valence-corrected chi connectivity index (χ3v) is 5.90. The topological polar surface area (TPSA) is 58.1 Å². The second-order valence-electron chi connectivity index (χ2n) is 7.70. The zero-order valence-electron chi connectivity index (χ0n) is 15.7. The minimum atomic E-state index is 0.234. The molecule has 1 fully saturated rings. The fourth-order valence-electron chi connectivity index (χ4n) is 4.12. The standard InChI is InChI=1S/C21H25ClN4O/c1-14-12-23-21(22)25-20(14)24-18-7-6-17-13-26(9-8-16(17)11-18)19(27)10-15-4-2-3-5-15/h6-7,11-12,15H,2-5,8-10,13H2,1H3,(H,23,24,25). The molecule has 1 aliphatic heterocycles. The molecule has 142 valence electrons. The highest BCUT2D eigenvalue weighted by Crippen LogP contribution is 2.30. The molecular formula is C21H25ClN4O. The van der Waals surface area contributed by atoms with Gasteiger partial charge in [-0.25, -0.2) is 9.97 Å². The number of hydrogen-bond donors (Lipinski definition) is 1. The molecule has 0 saturated heterocycles. The number of nitrogens with one attached hydrogen (secondary N) is 1. The van der Waals surface area contributed by atoms with E-state index >= 15 is 0 Å². The molecule has 1 aromatic heterocycles. The third kappa shape index (κ3) is 4.24. The fraction of sp³-hybridized carbons (Fsp3) is 0.476. The summed E-state index contributed by atoms with van der Waals surface area (Å²) in [6.45, 7) is 3.48. The quantitative estimate of drug-likeness (QED) is 0.779. The van der Waals surface area contributed by atoms with Gasteiger partial charge >= 0.3 is 0 Å². The van der Waals surface area contributed by atoms with Gasteiger partial charge in [0.05, 0.1) is 0 Å². The van der Waals surface area contributed by atoms with Gasteiger partial charge in [-0.05, 0) is 67.0 Å². The highest BCUT2D eigenvalue weighted by atomic mass is 35.5.